The van der Waals surface area contributed by atoms with E-state index in [9.17, 15) is 19.1 Å². The predicted molar refractivity (Wildman–Crippen MR) is 94.2 cm³/mol. The summed E-state index contributed by atoms with van der Waals surface area (Å²) in [4.78, 5) is 33.7. The minimum atomic E-state index is -4.19. The van der Waals surface area contributed by atoms with Gasteiger partial charge in [0.2, 0.25) is 0 Å². The molecule has 2 rings (SSSR count). The van der Waals surface area contributed by atoms with Gasteiger partial charge in [0.25, 0.3) is 0 Å². The molecule has 1 heterocycles. The molecule has 2 aliphatic rings. The highest BCUT2D eigenvalue weighted by molar-refractivity contribution is 7.53. The van der Waals surface area contributed by atoms with Crippen LogP contribution < -0.4 is 0 Å². The Morgan fingerprint density at radius 3 is 2.28 bits per heavy atom. The van der Waals surface area contributed by atoms with Crippen LogP contribution in [0.1, 0.15) is 52.4 Å². The third-order valence-electron chi connectivity index (χ3n) is 6.67. The molecule has 1 amide bonds. The van der Waals surface area contributed by atoms with E-state index in [-0.39, 0.29) is 18.2 Å². The third-order valence-corrected chi connectivity index (χ3v) is 8.83. The van der Waals surface area contributed by atoms with Gasteiger partial charge in [-0.25, -0.2) is 4.79 Å². The van der Waals surface area contributed by atoms with Crippen LogP contribution in [0.2, 0.25) is 0 Å². The zero-order chi connectivity index (χ0) is 18.8. The fourth-order valence-electron chi connectivity index (χ4n) is 5.11. The van der Waals surface area contributed by atoms with Crippen molar-refractivity contribution >= 4 is 13.7 Å². The van der Waals surface area contributed by atoms with Crippen molar-refractivity contribution in [3.8, 4) is 0 Å². The number of carbonyl (C=O) groups excluding carboxylic acids is 1. The van der Waals surface area contributed by atoms with Crippen molar-refractivity contribution in [1.82, 2.24) is 4.90 Å². The van der Waals surface area contributed by atoms with Crippen LogP contribution in [0.3, 0.4) is 0 Å². The highest BCUT2D eigenvalue weighted by Crippen LogP contribution is 2.62. The molecule has 4 atom stereocenters. The molecule has 1 aliphatic heterocycles. The molecule has 0 spiro atoms. The highest BCUT2D eigenvalue weighted by atomic mass is 31.2. The zero-order valence-corrected chi connectivity index (χ0v) is 16.6. The number of carbonyl (C=O) groups is 1. The number of piperidine rings is 1. The molecule has 0 aromatic rings. The van der Waals surface area contributed by atoms with Crippen molar-refractivity contribution in [2.45, 2.75) is 63.8 Å². The highest BCUT2D eigenvalue weighted by Gasteiger charge is 2.53. The number of nitrogens with zero attached hydrogens (tertiary/aromatic N) is 1. The Bertz CT molecular complexity index is 517. The number of hydrogen-bond donors (Lipinski definition) is 2. The average Bonchev–Trinajstić information content (AvgIpc) is 2.60. The fraction of sp³-hybridized carbons (Fsp3) is 0.941. The van der Waals surface area contributed by atoms with Crippen LogP contribution >= 0.6 is 7.60 Å². The van der Waals surface area contributed by atoms with Gasteiger partial charge in [-0.05, 0) is 56.3 Å². The predicted octanol–water partition coefficient (Wildman–Crippen LogP) is 3.20. The number of likely N-dealkylation sites (tertiary alicyclic amines) is 1. The van der Waals surface area contributed by atoms with Crippen LogP contribution in [0.4, 0.5) is 4.79 Å². The first-order valence-corrected chi connectivity index (χ1v) is 10.8. The van der Waals surface area contributed by atoms with Crippen molar-refractivity contribution in [1.29, 1.82) is 0 Å². The van der Waals surface area contributed by atoms with Crippen LogP contribution in [0.5, 0.6) is 0 Å². The molecule has 8 heteroatoms. The number of fused-ring (bicyclic) bond motifs is 1. The zero-order valence-electron chi connectivity index (χ0n) is 15.7. The molecule has 1 aliphatic carbocycles. The first kappa shape index (κ1) is 20.7. The minimum absolute atomic E-state index is 0.00626. The van der Waals surface area contributed by atoms with Crippen LogP contribution in [0, 0.1) is 17.8 Å². The summed E-state index contributed by atoms with van der Waals surface area (Å²) in [5.41, 5.74) is 0. The topological polar surface area (TPSA) is 96.3 Å². The summed E-state index contributed by atoms with van der Waals surface area (Å²) in [6.45, 7) is 4.35. The fourth-order valence-corrected chi connectivity index (χ4v) is 6.64. The van der Waals surface area contributed by atoms with E-state index < -0.39 is 12.8 Å². The molecule has 0 aromatic carbocycles. The van der Waals surface area contributed by atoms with E-state index in [2.05, 4.69) is 0 Å². The average molecular weight is 377 g/mol. The van der Waals surface area contributed by atoms with E-state index in [1.807, 2.05) is 13.8 Å². The Labute approximate surface area is 150 Å². The molecule has 1 saturated carbocycles. The Kier molecular flexibility index (Phi) is 6.58. The lowest BCUT2D eigenvalue weighted by Crippen LogP contribution is -2.53. The molecule has 7 nitrogen and oxygen atoms in total. The monoisotopic (exact) mass is 377 g/mol. The Morgan fingerprint density at radius 2 is 1.80 bits per heavy atom. The summed E-state index contributed by atoms with van der Waals surface area (Å²) >= 11 is 0. The van der Waals surface area contributed by atoms with Gasteiger partial charge in [0.05, 0.1) is 12.3 Å². The standard InChI is InChI=1S/C17H32NO6P/c1-5-17(6-2,25(20,21)22)14-8-7-12-11-18(16(19)24-4)15(23-3)10-13(12)9-14/h12-15H,5-11H2,1-4H3,(H2,20,21,22)/t12-,13+,14-,15?/m0/s1. The second kappa shape index (κ2) is 7.95. The summed E-state index contributed by atoms with van der Waals surface area (Å²) < 4.78 is 22.6. The van der Waals surface area contributed by atoms with Gasteiger partial charge in [-0.15, -0.1) is 0 Å². The Hall–Kier alpha value is -0.620. The van der Waals surface area contributed by atoms with Gasteiger partial charge in [-0.3, -0.25) is 9.46 Å². The normalized spacial score (nSPS) is 30.7. The summed E-state index contributed by atoms with van der Waals surface area (Å²) in [6, 6.07) is 0. The minimum Gasteiger partial charge on any atom is -0.453 e. The van der Waals surface area contributed by atoms with Gasteiger partial charge in [0, 0.05) is 13.7 Å². The van der Waals surface area contributed by atoms with E-state index in [1.54, 1.807) is 12.0 Å². The van der Waals surface area contributed by atoms with E-state index in [4.69, 9.17) is 9.47 Å². The van der Waals surface area contributed by atoms with Gasteiger partial charge in [0.15, 0.2) is 0 Å². The molecule has 1 unspecified atom stereocenters. The number of hydrogen-bond acceptors (Lipinski definition) is 4. The van der Waals surface area contributed by atoms with E-state index in [0.29, 0.717) is 37.6 Å². The maximum atomic E-state index is 12.3. The first-order chi connectivity index (χ1) is 11.7. The van der Waals surface area contributed by atoms with Crippen molar-refractivity contribution in [2.24, 2.45) is 17.8 Å². The van der Waals surface area contributed by atoms with Crippen molar-refractivity contribution < 1.29 is 28.6 Å². The molecule has 1 saturated heterocycles. The van der Waals surface area contributed by atoms with E-state index >= 15 is 0 Å². The third kappa shape index (κ3) is 3.75. The second-order valence-corrected chi connectivity index (χ2v) is 9.41. The molecule has 0 aromatic heterocycles. The van der Waals surface area contributed by atoms with Gasteiger partial charge in [0.1, 0.15) is 6.23 Å². The molecule has 0 bridgehead atoms. The van der Waals surface area contributed by atoms with E-state index in [1.165, 1.54) is 7.11 Å². The summed E-state index contributed by atoms with van der Waals surface area (Å²) in [6.07, 6.45) is 3.40. The number of rotatable bonds is 5. The number of ether oxygens (including phenoxy) is 2. The lowest BCUT2D eigenvalue weighted by molar-refractivity contribution is -0.0912. The first-order valence-electron chi connectivity index (χ1n) is 9.17. The Balaban J connectivity index is 2.18. The maximum Gasteiger partial charge on any atom is 0.411 e. The molecular formula is C17H32NO6P. The van der Waals surface area contributed by atoms with Crippen LogP contribution in [-0.4, -0.2) is 52.9 Å². The summed E-state index contributed by atoms with van der Waals surface area (Å²) in [7, 11) is -1.24. The molecular weight excluding hydrogens is 345 g/mol. The van der Waals surface area contributed by atoms with Gasteiger partial charge >= 0.3 is 13.7 Å². The molecule has 2 fully saturated rings. The number of methoxy groups -OCH3 is 2. The number of amides is 1. The molecule has 2 N–H and O–H groups in total. The summed E-state index contributed by atoms with van der Waals surface area (Å²) in [5, 5.41) is -0.931. The molecule has 146 valence electrons. The smallest absolute Gasteiger partial charge is 0.411 e. The second-order valence-electron chi connectivity index (χ2n) is 7.43. The maximum absolute atomic E-state index is 12.3. The van der Waals surface area contributed by atoms with Crippen LogP contribution in [-0.2, 0) is 14.0 Å². The quantitative estimate of drug-likeness (QED) is 0.714. The summed E-state index contributed by atoms with van der Waals surface area (Å²) in [5.74, 6) is 0.658. The van der Waals surface area contributed by atoms with Gasteiger partial charge in [-0.2, -0.15) is 0 Å². The van der Waals surface area contributed by atoms with E-state index in [0.717, 1.165) is 19.3 Å². The van der Waals surface area contributed by atoms with Crippen LogP contribution in [0.25, 0.3) is 0 Å². The van der Waals surface area contributed by atoms with Crippen molar-refractivity contribution in [3.05, 3.63) is 0 Å². The Morgan fingerprint density at radius 1 is 1.16 bits per heavy atom. The van der Waals surface area contributed by atoms with Crippen molar-refractivity contribution in [2.75, 3.05) is 20.8 Å². The lowest BCUT2D eigenvalue weighted by Gasteiger charge is -2.50. The molecule has 25 heavy (non-hydrogen) atoms. The largest absolute Gasteiger partial charge is 0.453 e. The van der Waals surface area contributed by atoms with Crippen LogP contribution in [0.15, 0.2) is 0 Å². The SMILES string of the molecule is CCC(CC)([C@H]1CC[C@H]2CN(C(=O)OC)C(OC)C[C@H]2C1)P(=O)(O)O. The lowest BCUT2D eigenvalue weighted by atomic mass is 9.66. The van der Waals surface area contributed by atoms with Gasteiger partial charge in [-0.1, -0.05) is 13.8 Å². The van der Waals surface area contributed by atoms with Crippen molar-refractivity contribution in [3.63, 3.8) is 0 Å². The van der Waals surface area contributed by atoms with Gasteiger partial charge < -0.3 is 19.3 Å². The molecule has 0 radical (unpaired) electrons.